The van der Waals surface area contributed by atoms with Gasteiger partial charge in [-0.25, -0.2) is 8.42 Å². The van der Waals surface area contributed by atoms with Gasteiger partial charge in [0, 0.05) is 17.6 Å². The zero-order valence-electron chi connectivity index (χ0n) is 23.0. The summed E-state index contributed by atoms with van der Waals surface area (Å²) >= 11 is 6.00. The number of sulfonamides is 1. The third-order valence-electron chi connectivity index (χ3n) is 6.71. The molecule has 0 aliphatic rings. The molecule has 208 valence electrons. The van der Waals surface area contributed by atoms with Crippen LogP contribution in [0.5, 0.6) is 0 Å². The molecule has 0 heterocycles. The van der Waals surface area contributed by atoms with Crippen LogP contribution in [0.3, 0.4) is 0 Å². The van der Waals surface area contributed by atoms with E-state index in [2.05, 4.69) is 5.32 Å². The lowest BCUT2D eigenvalue weighted by Crippen LogP contribution is -2.52. The minimum atomic E-state index is -4.14. The molecule has 0 radical (unpaired) electrons. The number of hydrogen-bond acceptors (Lipinski definition) is 4. The predicted molar refractivity (Wildman–Crippen MR) is 156 cm³/mol. The highest BCUT2D eigenvalue weighted by Crippen LogP contribution is 2.28. The van der Waals surface area contributed by atoms with Crippen molar-refractivity contribution in [2.75, 3.05) is 10.8 Å². The van der Waals surface area contributed by atoms with Crippen molar-refractivity contribution in [1.82, 2.24) is 10.2 Å². The smallest absolute Gasteiger partial charge is 0.264 e. The number of rotatable bonds is 11. The van der Waals surface area contributed by atoms with Gasteiger partial charge in [0.05, 0.1) is 10.6 Å². The van der Waals surface area contributed by atoms with E-state index in [-0.39, 0.29) is 23.4 Å². The van der Waals surface area contributed by atoms with Crippen molar-refractivity contribution in [2.24, 2.45) is 0 Å². The Labute approximate surface area is 236 Å². The van der Waals surface area contributed by atoms with Crippen molar-refractivity contribution in [3.8, 4) is 0 Å². The Morgan fingerprint density at radius 1 is 0.923 bits per heavy atom. The molecule has 0 aliphatic carbocycles. The first-order valence-corrected chi connectivity index (χ1v) is 14.7. The monoisotopic (exact) mass is 569 g/mol. The number of nitrogens with zero attached hydrogens (tertiary/aromatic N) is 2. The molecule has 0 saturated carbocycles. The van der Waals surface area contributed by atoms with Gasteiger partial charge in [-0.2, -0.15) is 0 Å². The molecule has 3 rings (SSSR count). The zero-order chi connectivity index (χ0) is 28.7. The van der Waals surface area contributed by atoms with Crippen LogP contribution in [-0.2, 0) is 26.2 Å². The van der Waals surface area contributed by atoms with Gasteiger partial charge in [0.1, 0.15) is 12.6 Å². The molecule has 0 bridgehead atoms. The van der Waals surface area contributed by atoms with Gasteiger partial charge in [0.2, 0.25) is 11.8 Å². The molecule has 0 fully saturated rings. The van der Waals surface area contributed by atoms with Crippen LogP contribution in [0.15, 0.2) is 77.7 Å². The maximum absolute atomic E-state index is 14.0. The number of carbonyl (C=O) groups excluding carboxylic acids is 2. The fraction of sp³-hybridized carbons (Fsp3) is 0.333. The summed E-state index contributed by atoms with van der Waals surface area (Å²) in [6, 6.07) is 19.6. The Morgan fingerprint density at radius 2 is 1.54 bits per heavy atom. The second kappa shape index (κ2) is 13.1. The maximum atomic E-state index is 14.0. The molecule has 2 amide bonds. The standard InChI is InChI=1S/C30H36ClN3O4S/c1-6-23(4)32-30(36)24(5)33(19-25-13-11-21(2)12-14-25)29(35)20-34(28-10-8-7-9-22(28)3)39(37,38)27-17-15-26(31)16-18-27/h7-18,23-24H,6,19-20H2,1-5H3,(H,32,36)/t23-,24-/m1/s1. The normalized spacial score (nSPS) is 12.9. The van der Waals surface area contributed by atoms with E-state index in [1.165, 1.54) is 29.2 Å². The van der Waals surface area contributed by atoms with Crippen LogP contribution in [0.4, 0.5) is 5.69 Å². The topological polar surface area (TPSA) is 86.8 Å². The van der Waals surface area contributed by atoms with Crippen LogP contribution in [0.2, 0.25) is 5.02 Å². The fourth-order valence-electron chi connectivity index (χ4n) is 4.03. The van der Waals surface area contributed by atoms with E-state index in [1.807, 2.05) is 45.0 Å². The maximum Gasteiger partial charge on any atom is 0.264 e. The lowest BCUT2D eigenvalue weighted by Gasteiger charge is -2.33. The van der Waals surface area contributed by atoms with Gasteiger partial charge in [-0.1, -0.05) is 66.6 Å². The van der Waals surface area contributed by atoms with Crippen molar-refractivity contribution in [3.63, 3.8) is 0 Å². The van der Waals surface area contributed by atoms with Gasteiger partial charge in [0.15, 0.2) is 0 Å². The second-order valence-electron chi connectivity index (χ2n) is 9.75. The third-order valence-corrected chi connectivity index (χ3v) is 8.73. The molecule has 7 nitrogen and oxygen atoms in total. The first-order valence-electron chi connectivity index (χ1n) is 12.9. The minimum Gasteiger partial charge on any atom is -0.352 e. The molecule has 0 aromatic heterocycles. The molecular weight excluding hydrogens is 534 g/mol. The van der Waals surface area contributed by atoms with E-state index in [0.29, 0.717) is 16.3 Å². The van der Waals surface area contributed by atoms with Crippen molar-refractivity contribution in [2.45, 2.75) is 64.6 Å². The summed E-state index contributed by atoms with van der Waals surface area (Å²) < 4.78 is 28.8. The van der Waals surface area contributed by atoms with Gasteiger partial charge < -0.3 is 10.2 Å². The minimum absolute atomic E-state index is 0.00981. The zero-order valence-corrected chi connectivity index (χ0v) is 24.6. The SMILES string of the molecule is CC[C@@H](C)NC(=O)[C@@H](C)N(Cc1ccc(C)cc1)C(=O)CN(c1ccccc1C)S(=O)(=O)c1ccc(Cl)cc1. The number of halogens is 1. The van der Waals surface area contributed by atoms with Crippen LogP contribution in [0.25, 0.3) is 0 Å². The average Bonchev–Trinajstić information content (AvgIpc) is 2.91. The van der Waals surface area contributed by atoms with E-state index >= 15 is 0 Å². The Morgan fingerprint density at radius 3 is 2.13 bits per heavy atom. The number of hydrogen-bond donors (Lipinski definition) is 1. The fourth-order valence-corrected chi connectivity index (χ4v) is 5.63. The number of carbonyl (C=O) groups is 2. The summed E-state index contributed by atoms with van der Waals surface area (Å²) in [5.74, 6) is -0.795. The summed E-state index contributed by atoms with van der Waals surface area (Å²) in [4.78, 5) is 28.5. The summed E-state index contributed by atoms with van der Waals surface area (Å²) in [7, 11) is -4.14. The molecule has 0 spiro atoms. The van der Waals surface area contributed by atoms with Crippen LogP contribution in [-0.4, -0.2) is 43.8 Å². The number of aryl methyl sites for hydroxylation is 2. The van der Waals surface area contributed by atoms with Crippen LogP contribution < -0.4 is 9.62 Å². The highest BCUT2D eigenvalue weighted by atomic mass is 35.5. The van der Waals surface area contributed by atoms with Gasteiger partial charge in [0.25, 0.3) is 10.0 Å². The lowest BCUT2D eigenvalue weighted by molar-refractivity contribution is -0.139. The molecule has 2 atom stereocenters. The van der Waals surface area contributed by atoms with Crippen molar-refractivity contribution < 1.29 is 18.0 Å². The van der Waals surface area contributed by atoms with Crippen molar-refractivity contribution in [1.29, 1.82) is 0 Å². The molecule has 3 aromatic carbocycles. The molecule has 0 unspecified atom stereocenters. The molecular formula is C30H36ClN3O4S. The average molecular weight is 570 g/mol. The Balaban J connectivity index is 2.03. The van der Waals surface area contributed by atoms with E-state index < -0.39 is 28.5 Å². The number of anilines is 1. The summed E-state index contributed by atoms with van der Waals surface area (Å²) in [6.07, 6.45) is 0.741. The number of amides is 2. The largest absolute Gasteiger partial charge is 0.352 e. The Kier molecular flexibility index (Phi) is 10.2. The predicted octanol–water partition coefficient (Wildman–Crippen LogP) is 5.48. The first-order chi connectivity index (χ1) is 18.4. The van der Waals surface area contributed by atoms with E-state index in [0.717, 1.165) is 21.9 Å². The Hall–Kier alpha value is -3.36. The highest BCUT2D eigenvalue weighted by Gasteiger charge is 2.33. The second-order valence-corrected chi connectivity index (χ2v) is 12.1. The molecule has 0 aliphatic heterocycles. The van der Waals surface area contributed by atoms with E-state index in [1.54, 1.807) is 38.1 Å². The summed E-state index contributed by atoms with van der Waals surface area (Å²) in [5.41, 5.74) is 2.97. The van der Waals surface area contributed by atoms with E-state index in [9.17, 15) is 18.0 Å². The van der Waals surface area contributed by atoms with Gasteiger partial charge in [-0.3, -0.25) is 13.9 Å². The van der Waals surface area contributed by atoms with Crippen LogP contribution >= 0.6 is 11.6 Å². The quantitative estimate of drug-likeness (QED) is 0.331. The number of benzene rings is 3. The number of para-hydroxylation sites is 1. The van der Waals surface area contributed by atoms with Crippen LogP contribution in [0.1, 0.15) is 43.9 Å². The van der Waals surface area contributed by atoms with Gasteiger partial charge in [-0.05, 0) is 75.6 Å². The van der Waals surface area contributed by atoms with Gasteiger partial charge >= 0.3 is 0 Å². The summed E-state index contributed by atoms with van der Waals surface area (Å²) in [5, 5.41) is 3.34. The molecule has 1 N–H and O–H groups in total. The van der Waals surface area contributed by atoms with Gasteiger partial charge in [-0.15, -0.1) is 0 Å². The third kappa shape index (κ3) is 7.61. The van der Waals surface area contributed by atoms with Crippen LogP contribution in [0, 0.1) is 13.8 Å². The van der Waals surface area contributed by atoms with Crippen molar-refractivity contribution in [3.05, 3.63) is 94.5 Å². The molecule has 39 heavy (non-hydrogen) atoms. The molecule has 3 aromatic rings. The van der Waals surface area contributed by atoms with Crippen molar-refractivity contribution >= 4 is 39.1 Å². The highest BCUT2D eigenvalue weighted by molar-refractivity contribution is 7.92. The Bertz CT molecular complexity index is 1390. The van der Waals surface area contributed by atoms with E-state index in [4.69, 9.17) is 11.6 Å². The number of nitrogens with one attached hydrogen (secondary N) is 1. The first kappa shape index (κ1) is 30.2. The molecule has 0 saturated heterocycles. The summed E-state index contributed by atoms with van der Waals surface area (Å²) in [6.45, 7) is 8.95. The lowest BCUT2D eigenvalue weighted by atomic mass is 10.1. The molecule has 9 heteroatoms.